The predicted molar refractivity (Wildman–Crippen MR) is 90.7 cm³/mol. The summed E-state index contributed by atoms with van der Waals surface area (Å²) in [5, 5.41) is 10.6. The van der Waals surface area contributed by atoms with Crippen LogP contribution in [-0.2, 0) is 0 Å². The van der Waals surface area contributed by atoms with Crippen LogP contribution in [0, 0.1) is 11.3 Å². The van der Waals surface area contributed by atoms with Crippen LogP contribution >= 0.6 is 23.2 Å². The molecule has 0 aliphatic rings. The Kier molecular flexibility index (Phi) is 4.90. The summed E-state index contributed by atoms with van der Waals surface area (Å²) < 4.78 is 0. The molecule has 0 aliphatic carbocycles. The van der Waals surface area contributed by atoms with Crippen molar-refractivity contribution in [1.29, 1.82) is 5.26 Å². The summed E-state index contributed by atoms with van der Waals surface area (Å²) in [6.45, 7) is 0. The van der Waals surface area contributed by atoms with Crippen molar-refractivity contribution >= 4 is 40.5 Å². The van der Waals surface area contributed by atoms with Gasteiger partial charge in [-0.3, -0.25) is 0 Å². The highest BCUT2D eigenvalue weighted by Gasteiger charge is 2.05. The Morgan fingerprint density at radius 2 is 1.76 bits per heavy atom. The van der Waals surface area contributed by atoms with Gasteiger partial charge in [0.2, 0.25) is 0 Å². The Balaban J connectivity index is 2.41. The van der Waals surface area contributed by atoms with E-state index >= 15 is 0 Å². The quantitative estimate of drug-likeness (QED) is 0.580. The van der Waals surface area contributed by atoms with E-state index in [0.29, 0.717) is 15.6 Å². The van der Waals surface area contributed by atoms with Crippen LogP contribution in [0.3, 0.4) is 0 Å². The first kappa shape index (κ1) is 15.4. The van der Waals surface area contributed by atoms with Gasteiger partial charge in [-0.1, -0.05) is 41.4 Å². The highest BCUT2D eigenvalue weighted by atomic mass is 35.5. The fraction of sp³-hybridized carbons (Fsp3) is 0.118. The van der Waals surface area contributed by atoms with Gasteiger partial charge in [0.25, 0.3) is 0 Å². The van der Waals surface area contributed by atoms with E-state index in [9.17, 15) is 5.26 Å². The van der Waals surface area contributed by atoms with Crippen molar-refractivity contribution in [1.82, 2.24) is 0 Å². The molecule has 21 heavy (non-hydrogen) atoms. The standard InChI is InChI=1S/C17H14Cl2N2/c1-21(2)16-8-5-13(17(19)10-16)9-14(11-20)12-3-6-15(18)7-4-12/h3-10H,1-2H3/b14-9-. The second-order valence-corrected chi connectivity index (χ2v) is 5.62. The molecule has 0 bridgehead atoms. The van der Waals surface area contributed by atoms with Gasteiger partial charge < -0.3 is 4.90 Å². The normalized spacial score (nSPS) is 11.1. The van der Waals surface area contributed by atoms with E-state index in [1.807, 2.05) is 49.3 Å². The molecule has 0 fully saturated rings. The highest BCUT2D eigenvalue weighted by molar-refractivity contribution is 6.32. The van der Waals surface area contributed by atoms with E-state index in [4.69, 9.17) is 23.2 Å². The van der Waals surface area contributed by atoms with Gasteiger partial charge in [-0.05, 0) is 41.5 Å². The molecule has 0 radical (unpaired) electrons. The number of nitriles is 1. The molecule has 4 heteroatoms. The molecule has 2 nitrogen and oxygen atoms in total. The molecule has 106 valence electrons. The van der Waals surface area contributed by atoms with Crippen molar-refractivity contribution in [3.63, 3.8) is 0 Å². The summed E-state index contributed by atoms with van der Waals surface area (Å²) in [4.78, 5) is 1.98. The molecular weight excluding hydrogens is 303 g/mol. The zero-order valence-electron chi connectivity index (χ0n) is 11.8. The third kappa shape index (κ3) is 3.78. The first-order valence-electron chi connectivity index (χ1n) is 6.36. The number of allylic oxidation sites excluding steroid dienone is 1. The molecule has 2 rings (SSSR count). The second kappa shape index (κ2) is 6.67. The molecule has 0 unspecified atom stereocenters. The van der Waals surface area contributed by atoms with E-state index in [1.54, 1.807) is 18.2 Å². The lowest BCUT2D eigenvalue weighted by Gasteiger charge is -2.13. The Morgan fingerprint density at radius 3 is 2.29 bits per heavy atom. The fourth-order valence-corrected chi connectivity index (χ4v) is 2.23. The minimum atomic E-state index is 0.547. The van der Waals surface area contributed by atoms with Crippen molar-refractivity contribution in [2.75, 3.05) is 19.0 Å². The van der Waals surface area contributed by atoms with Crippen LogP contribution < -0.4 is 4.90 Å². The largest absolute Gasteiger partial charge is 0.378 e. The number of anilines is 1. The maximum atomic E-state index is 9.34. The number of hydrogen-bond donors (Lipinski definition) is 0. The summed E-state index contributed by atoms with van der Waals surface area (Å²) in [5.74, 6) is 0. The topological polar surface area (TPSA) is 27.0 Å². The molecule has 0 amide bonds. The smallest absolute Gasteiger partial charge is 0.0998 e. The van der Waals surface area contributed by atoms with Crippen LogP contribution in [0.5, 0.6) is 0 Å². The van der Waals surface area contributed by atoms with E-state index in [0.717, 1.165) is 16.8 Å². The number of benzene rings is 2. The Labute approximate surface area is 134 Å². The Hall–Kier alpha value is -1.95. The predicted octanol–water partition coefficient (Wildman–Crippen LogP) is 5.12. The molecule has 0 heterocycles. The minimum Gasteiger partial charge on any atom is -0.378 e. The van der Waals surface area contributed by atoms with Crippen LogP contribution in [0.4, 0.5) is 5.69 Å². The zero-order valence-corrected chi connectivity index (χ0v) is 13.3. The fourth-order valence-electron chi connectivity index (χ4n) is 1.88. The van der Waals surface area contributed by atoms with E-state index in [2.05, 4.69) is 6.07 Å². The van der Waals surface area contributed by atoms with E-state index in [1.165, 1.54) is 0 Å². The van der Waals surface area contributed by atoms with Gasteiger partial charge in [-0.2, -0.15) is 5.26 Å². The third-order valence-corrected chi connectivity index (χ3v) is 3.66. The van der Waals surface area contributed by atoms with Gasteiger partial charge in [0.1, 0.15) is 0 Å². The Bertz CT molecular complexity index is 711. The number of halogens is 2. The lowest BCUT2D eigenvalue weighted by molar-refractivity contribution is 1.13. The summed E-state index contributed by atoms with van der Waals surface area (Å²) in [6.07, 6.45) is 1.78. The molecule has 2 aromatic rings. The molecule has 0 aliphatic heterocycles. The molecule has 0 atom stereocenters. The molecule has 0 saturated heterocycles. The summed E-state index contributed by atoms with van der Waals surface area (Å²) in [6, 6.07) is 15.1. The molecule has 0 aromatic heterocycles. The molecule has 2 aromatic carbocycles. The van der Waals surface area contributed by atoms with Crippen molar-refractivity contribution in [2.45, 2.75) is 0 Å². The SMILES string of the molecule is CN(C)c1ccc(/C=C(/C#N)c2ccc(Cl)cc2)c(Cl)c1. The average molecular weight is 317 g/mol. The van der Waals surface area contributed by atoms with Gasteiger partial charge in [-0.15, -0.1) is 0 Å². The van der Waals surface area contributed by atoms with Gasteiger partial charge in [0, 0.05) is 29.8 Å². The monoisotopic (exact) mass is 316 g/mol. The lowest BCUT2D eigenvalue weighted by Crippen LogP contribution is -2.08. The van der Waals surface area contributed by atoms with Crippen LogP contribution in [0.1, 0.15) is 11.1 Å². The van der Waals surface area contributed by atoms with E-state index < -0.39 is 0 Å². The first-order chi connectivity index (χ1) is 10.0. The summed E-state index contributed by atoms with van der Waals surface area (Å²) in [7, 11) is 3.91. The average Bonchev–Trinajstić information content (AvgIpc) is 2.47. The van der Waals surface area contributed by atoms with E-state index in [-0.39, 0.29) is 0 Å². The van der Waals surface area contributed by atoms with Gasteiger partial charge in [-0.25, -0.2) is 0 Å². The number of hydrogen-bond acceptors (Lipinski definition) is 2. The van der Waals surface area contributed by atoms with Gasteiger partial charge in [0.05, 0.1) is 11.6 Å². The maximum Gasteiger partial charge on any atom is 0.0998 e. The van der Waals surface area contributed by atoms with Gasteiger partial charge >= 0.3 is 0 Å². The molecular formula is C17H14Cl2N2. The van der Waals surface area contributed by atoms with Crippen LogP contribution in [0.15, 0.2) is 42.5 Å². The van der Waals surface area contributed by atoms with Crippen molar-refractivity contribution in [2.24, 2.45) is 0 Å². The lowest BCUT2D eigenvalue weighted by atomic mass is 10.0. The maximum absolute atomic E-state index is 9.34. The summed E-state index contributed by atoms with van der Waals surface area (Å²) >= 11 is 12.1. The van der Waals surface area contributed by atoms with Crippen molar-refractivity contribution in [3.05, 3.63) is 63.6 Å². The van der Waals surface area contributed by atoms with Crippen molar-refractivity contribution < 1.29 is 0 Å². The number of rotatable bonds is 3. The Morgan fingerprint density at radius 1 is 1.10 bits per heavy atom. The number of nitrogens with zero attached hydrogens (tertiary/aromatic N) is 2. The van der Waals surface area contributed by atoms with Crippen molar-refractivity contribution in [3.8, 4) is 6.07 Å². The first-order valence-corrected chi connectivity index (χ1v) is 7.11. The van der Waals surface area contributed by atoms with Crippen LogP contribution in [0.25, 0.3) is 11.6 Å². The van der Waals surface area contributed by atoms with Crippen LogP contribution in [-0.4, -0.2) is 14.1 Å². The van der Waals surface area contributed by atoms with Gasteiger partial charge in [0.15, 0.2) is 0 Å². The summed E-state index contributed by atoms with van der Waals surface area (Å²) in [5.41, 5.74) is 3.19. The molecule has 0 N–H and O–H groups in total. The highest BCUT2D eigenvalue weighted by Crippen LogP contribution is 2.27. The second-order valence-electron chi connectivity index (χ2n) is 4.78. The zero-order chi connectivity index (χ0) is 15.4. The molecule has 0 spiro atoms. The minimum absolute atomic E-state index is 0.547. The third-order valence-electron chi connectivity index (χ3n) is 3.08. The van der Waals surface area contributed by atoms with Crippen LogP contribution in [0.2, 0.25) is 10.0 Å². The molecule has 0 saturated carbocycles.